The highest BCUT2D eigenvalue weighted by Gasteiger charge is 2.23. The van der Waals surface area contributed by atoms with Crippen molar-refractivity contribution in [2.45, 2.75) is 25.4 Å². The van der Waals surface area contributed by atoms with Gasteiger partial charge in [0.25, 0.3) is 5.56 Å². The molecule has 1 fully saturated rings. The van der Waals surface area contributed by atoms with Crippen molar-refractivity contribution in [3.05, 3.63) is 53.1 Å². The van der Waals surface area contributed by atoms with Crippen molar-refractivity contribution in [2.75, 3.05) is 0 Å². The van der Waals surface area contributed by atoms with Crippen molar-refractivity contribution < 1.29 is 4.79 Å². The summed E-state index contributed by atoms with van der Waals surface area (Å²) < 4.78 is 1.38. The molecule has 1 aliphatic rings. The van der Waals surface area contributed by atoms with Gasteiger partial charge in [-0.2, -0.15) is 0 Å². The SMILES string of the molecule is O=C(Cn1cnc2sc(-c3ccccc3)cc2c1=O)NC1CC1. The number of rotatable bonds is 4. The number of benzene rings is 1. The summed E-state index contributed by atoms with van der Waals surface area (Å²) in [5.41, 5.74) is 0.896. The quantitative estimate of drug-likeness (QED) is 0.801. The van der Waals surface area contributed by atoms with Crippen LogP contribution in [-0.2, 0) is 11.3 Å². The molecular weight excluding hydrogens is 310 g/mol. The molecule has 6 heteroatoms. The van der Waals surface area contributed by atoms with Crippen LogP contribution in [0.25, 0.3) is 20.7 Å². The number of aromatic nitrogens is 2. The van der Waals surface area contributed by atoms with Crippen molar-refractivity contribution in [2.24, 2.45) is 0 Å². The highest BCUT2D eigenvalue weighted by molar-refractivity contribution is 7.21. The van der Waals surface area contributed by atoms with Crippen LogP contribution in [0.2, 0.25) is 0 Å². The Kier molecular flexibility index (Phi) is 3.46. The van der Waals surface area contributed by atoms with Crippen molar-refractivity contribution in [1.82, 2.24) is 14.9 Å². The van der Waals surface area contributed by atoms with E-state index in [1.54, 1.807) is 0 Å². The highest BCUT2D eigenvalue weighted by Crippen LogP contribution is 2.30. The van der Waals surface area contributed by atoms with Gasteiger partial charge in [-0.05, 0) is 24.5 Å². The van der Waals surface area contributed by atoms with Gasteiger partial charge in [0.05, 0.1) is 11.7 Å². The second-order valence-electron chi connectivity index (χ2n) is 5.71. The van der Waals surface area contributed by atoms with E-state index >= 15 is 0 Å². The topological polar surface area (TPSA) is 64.0 Å². The number of amides is 1. The summed E-state index contributed by atoms with van der Waals surface area (Å²) in [6.45, 7) is 0.0226. The molecule has 23 heavy (non-hydrogen) atoms. The Morgan fingerprint density at radius 3 is 2.83 bits per heavy atom. The maximum Gasteiger partial charge on any atom is 0.262 e. The zero-order chi connectivity index (χ0) is 15.8. The Morgan fingerprint density at radius 2 is 2.09 bits per heavy atom. The molecule has 116 valence electrons. The fraction of sp³-hybridized carbons (Fsp3) is 0.235. The number of carbonyl (C=O) groups is 1. The van der Waals surface area contributed by atoms with E-state index in [0.29, 0.717) is 16.3 Å². The molecule has 2 aromatic heterocycles. The Hall–Kier alpha value is -2.47. The maximum absolute atomic E-state index is 12.6. The normalized spacial score (nSPS) is 14.1. The second kappa shape index (κ2) is 5.62. The van der Waals surface area contributed by atoms with Gasteiger partial charge in [0.1, 0.15) is 11.4 Å². The molecule has 0 radical (unpaired) electrons. The fourth-order valence-electron chi connectivity index (χ4n) is 2.47. The molecular formula is C17H15N3O2S. The molecule has 1 aromatic carbocycles. The van der Waals surface area contributed by atoms with Crippen LogP contribution in [0, 0.1) is 0 Å². The molecule has 1 saturated carbocycles. The first kappa shape index (κ1) is 14.1. The van der Waals surface area contributed by atoms with E-state index in [2.05, 4.69) is 10.3 Å². The van der Waals surface area contributed by atoms with E-state index in [1.807, 2.05) is 36.4 Å². The number of thiophene rings is 1. The molecule has 1 amide bonds. The predicted molar refractivity (Wildman–Crippen MR) is 90.5 cm³/mol. The lowest BCUT2D eigenvalue weighted by Gasteiger charge is -2.05. The van der Waals surface area contributed by atoms with Crippen LogP contribution in [0.4, 0.5) is 0 Å². The predicted octanol–water partition coefficient (Wildman–Crippen LogP) is 2.40. The summed E-state index contributed by atoms with van der Waals surface area (Å²) in [5.74, 6) is -0.130. The number of nitrogens with zero attached hydrogens (tertiary/aromatic N) is 2. The first-order valence-corrected chi connectivity index (χ1v) is 8.36. The molecule has 3 aromatic rings. The highest BCUT2D eigenvalue weighted by atomic mass is 32.1. The summed E-state index contributed by atoms with van der Waals surface area (Å²) in [5, 5.41) is 3.45. The standard InChI is InChI=1S/C17H15N3O2S/c21-15(19-12-6-7-12)9-20-10-18-16-13(17(20)22)8-14(23-16)11-4-2-1-3-5-11/h1-5,8,10,12H,6-7,9H2,(H,19,21). The lowest BCUT2D eigenvalue weighted by atomic mass is 10.2. The smallest absolute Gasteiger partial charge is 0.262 e. The Bertz CT molecular complexity index is 926. The Morgan fingerprint density at radius 1 is 1.30 bits per heavy atom. The molecule has 2 heterocycles. The summed E-state index contributed by atoms with van der Waals surface area (Å²) in [7, 11) is 0. The van der Waals surface area contributed by atoms with Crippen LogP contribution >= 0.6 is 11.3 Å². The zero-order valence-corrected chi connectivity index (χ0v) is 13.2. The van der Waals surface area contributed by atoms with Crippen LogP contribution in [-0.4, -0.2) is 21.5 Å². The summed E-state index contributed by atoms with van der Waals surface area (Å²) in [6.07, 6.45) is 3.52. The monoisotopic (exact) mass is 325 g/mol. The molecule has 0 aliphatic heterocycles. The minimum Gasteiger partial charge on any atom is -0.352 e. The van der Waals surface area contributed by atoms with Gasteiger partial charge >= 0.3 is 0 Å². The van der Waals surface area contributed by atoms with Gasteiger partial charge in [0, 0.05) is 10.9 Å². The minimum absolute atomic E-state index is 0.0226. The van der Waals surface area contributed by atoms with Gasteiger partial charge in [-0.25, -0.2) is 4.98 Å². The van der Waals surface area contributed by atoms with Crippen molar-refractivity contribution >= 4 is 27.5 Å². The summed E-state index contributed by atoms with van der Waals surface area (Å²) in [4.78, 5) is 30.5. The van der Waals surface area contributed by atoms with Crippen molar-refractivity contribution in [3.63, 3.8) is 0 Å². The third-order valence-corrected chi connectivity index (χ3v) is 4.92. The third-order valence-electron chi connectivity index (χ3n) is 3.83. The first-order chi connectivity index (χ1) is 11.2. The van der Waals surface area contributed by atoms with Crippen molar-refractivity contribution in [1.29, 1.82) is 0 Å². The number of hydrogen-bond acceptors (Lipinski definition) is 4. The maximum atomic E-state index is 12.6. The zero-order valence-electron chi connectivity index (χ0n) is 12.4. The second-order valence-corrected chi connectivity index (χ2v) is 6.75. The molecule has 0 bridgehead atoms. The number of carbonyl (C=O) groups excluding carboxylic acids is 1. The lowest BCUT2D eigenvalue weighted by molar-refractivity contribution is -0.121. The minimum atomic E-state index is -0.167. The molecule has 0 unspecified atom stereocenters. The van der Waals surface area contributed by atoms with Crippen LogP contribution in [0.1, 0.15) is 12.8 Å². The number of hydrogen-bond donors (Lipinski definition) is 1. The third kappa shape index (κ3) is 2.90. The van der Waals surface area contributed by atoms with Crippen LogP contribution in [0.3, 0.4) is 0 Å². The van der Waals surface area contributed by atoms with Crippen LogP contribution in [0.5, 0.6) is 0 Å². The molecule has 4 rings (SSSR count). The molecule has 5 nitrogen and oxygen atoms in total. The van der Waals surface area contributed by atoms with E-state index in [0.717, 1.165) is 23.3 Å². The van der Waals surface area contributed by atoms with Crippen molar-refractivity contribution in [3.8, 4) is 10.4 Å². The Balaban J connectivity index is 1.67. The average Bonchev–Trinajstić information content (AvgIpc) is 3.26. The van der Waals surface area contributed by atoms with E-state index in [9.17, 15) is 9.59 Å². The van der Waals surface area contributed by atoms with E-state index < -0.39 is 0 Å². The largest absolute Gasteiger partial charge is 0.352 e. The molecule has 1 N–H and O–H groups in total. The number of nitrogens with one attached hydrogen (secondary N) is 1. The number of fused-ring (bicyclic) bond motifs is 1. The fourth-order valence-corrected chi connectivity index (χ4v) is 3.47. The van der Waals surface area contributed by atoms with Gasteiger partial charge in [0.15, 0.2) is 0 Å². The van der Waals surface area contributed by atoms with Gasteiger partial charge < -0.3 is 5.32 Å². The van der Waals surface area contributed by atoms with E-state index in [1.165, 1.54) is 22.2 Å². The van der Waals surface area contributed by atoms with Crippen LogP contribution in [0.15, 0.2) is 47.5 Å². The molecule has 0 spiro atoms. The lowest BCUT2D eigenvalue weighted by Crippen LogP contribution is -2.33. The molecule has 1 aliphatic carbocycles. The van der Waals surface area contributed by atoms with Gasteiger partial charge in [-0.3, -0.25) is 14.2 Å². The van der Waals surface area contributed by atoms with Gasteiger partial charge in [-0.15, -0.1) is 11.3 Å². The average molecular weight is 325 g/mol. The van der Waals surface area contributed by atoms with E-state index in [-0.39, 0.29) is 18.0 Å². The molecule has 0 atom stereocenters. The Labute approximate surface area is 136 Å². The molecule has 0 saturated heterocycles. The van der Waals surface area contributed by atoms with Gasteiger partial charge in [-0.1, -0.05) is 30.3 Å². The summed E-state index contributed by atoms with van der Waals surface area (Å²) >= 11 is 1.49. The van der Waals surface area contributed by atoms with E-state index in [4.69, 9.17) is 0 Å². The van der Waals surface area contributed by atoms with Gasteiger partial charge in [0.2, 0.25) is 5.91 Å². The summed E-state index contributed by atoms with van der Waals surface area (Å²) in [6, 6.07) is 12.1. The first-order valence-electron chi connectivity index (χ1n) is 7.54. The van der Waals surface area contributed by atoms with Crippen LogP contribution < -0.4 is 10.9 Å².